The molecule has 1 unspecified atom stereocenters. The first-order valence-electron chi connectivity index (χ1n) is 6.90. The van der Waals surface area contributed by atoms with Crippen LogP contribution in [0.3, 0.4) is 0 Å². The van der Waals surface area contributed by atoms with Gasteiger partial charge < -0.3 is 5.32 Å². The maximum absolute atomic E-state index is 4.68. The Morgan fingerprint density at radius 3 is 2.37 bits per heavy atom. The van der Waals surface area contributed by atoms with Crippen LogP contribution < -0.4 is 5.32 Å². The highest BCUT2D eigenvalue weighted by atomic mass is 32.1. The molecule has 100 valence electrons. The van der Waals surface area contributed by atoms with Crippen molar-refractivity contribution in [2.45, 2.75) is 38.6 Å². The number of aryl methyl sites for hydroxylation is 2. The van der Waals surface area contributed by atoms with E-state index in [9.17, 15) is 0 Å². The van der Waals surface area contributed by atoms with Gasteiger partial charge in [0.1, 0.15) is 5.01 Å². The Morgan fingerprint density at radius 2 is 1.89 bits per heavy atom. The molecule has 1 fully saturated rings. The predicted octanol–water partition coefficient (Wildman–Crippen LogP) is 3.95. The Kier molecular flexibility index (Phi) is 3.42. The maximum Gasteiger partial charge on any atom is 0.115 e. The van der Waals surface area contributed by atoms with Gasteiger partial charge in [-0.3, -0.25) is 0 Å². The Labute approximate surface area is 118 Å². The van der Waals surface area contributed by atoms with Crippen molar-refractivity contribution < 1.29 is 0 Å². The number of nitrogens with zero attached hydrogens (tertiary/aromatic N) is 1. The molecular weight excluding hydrogens is 252 g/mol. The maximum atomic E-state index is 4.68. The molecule has 1 aliphatic carbocycles. The summed E-state index contributed by atoms with van der Waals surface area (Å²) >= 11 is 1.79. The Morgan fingerprint density at radius 1 is 1.21 bits per heavy atom. The van der Waals surface area contributed by atoms with Crippen LogP contribution in [0.15, 0.2) is 24.3 Å². The fourth-order valence-electron chi connectivity index (χ4n) is 2.43. The summed E-state index contributed by atoms with van der Waals surface area (Å²) in [5.74, 6) is 0.825. The number of benzene rings is 1. The zero-order valence-corrected chi connectivity index (χ0v) is 12.6. The summed E-state index contributed by atoms with van der Waals surface area (Å²) in [5, 5.41) is 4.55. The molecule has 0 radical (unpaired) electrons. The number of hydrogen-bond donors (Lipinski definition) is 1. The third-order valence-corrected chi connectivity index (χ3v) is 5.04. The minimum atomic E-state index is 0.214. The zero-order valence-electron chi connectivity index (χ0n) is 11.7. The van der Waals surface area contributed by atoms with Gasteiger partial charge in [-0.2, -0.15) is 0 Å². The van der Waals surface area contributed by atoms with Gasteiger partial charge in [-0.25, -0.2) is 4.98 Å². The fourth-order valence-corrected chi connectivity index (χ4v) is 3.49. The van der Waals surface area contributed by atoms with Gasteiger partial charge in [-0.1, -0.05) is 24.3 Å². The molecule has 1 N–H and O–H groups in total. The van der Waals surface area contributed by atoms with Crippen molar-refractivity contribution >= 4 is 11.3 Å². The highest BCUT2D eigenvalue weighted by molar-refractivity contribution is 7.11. The highest BCUT2D eigenvalue weighted by Crippen LogP contribution is 2.40. The van der Waals surface area contributed by atoms with Gasteiger partial charge in [0.25, 0.3) is 0 Å². The van der Waals surface area contributed by atoms with E-state index in [4.69, 9.17) is 0 Å². The van der Waals surface area contributed by atoms with Gasteiger partial charge in [0.2, 0.25) is 0 Å². The Bertz CT molecular complexity index is 547. The van der Waals surface area contributed by atoms with Crippen molar-refractivity contribution in [3.63, 3.8) is 0 Å². The lowest BCUT2D eigenvalue weighted by Gasteiger charge is -2.14. The standard InChI is InChI=1S/C16H20N2S/c1-10-11(2)19-16(18-10)15(17-3)14-8-6-13(7-9-14)12-4-5-12/h6-9,12,15,17H,4-5H2,1-3H3. The molecule has 2 nitrogen and oxygen atoms in total. The zero-order chi connectivity index (χ0) is 13.4. The first-order valence-corrected chi connectivity index (χ1v) is 7.71. The molecule has 0 bridgehead atoms. The molecule has 0 amide bonds. The lowest BCUT2D eigenvalue weighted by Crippen LogP contribution is -2.17. The van der Waals surface area contributed by atoms with E-state index in [0.29, 0.717) is 0 Å². The summed E-state index contributed by atoms with van der Waals surface area (Å²) in [7, 11) is 2.01. The third-order valence-electron chi connectivity index (χ3n) is 3.90. The van der Waals surface area contributed by atoms with Crippen LogP contribution >= 0.6 is 11.3 Å². The van der Waals surface area contributed by atoms with E-state index in [1.807, 2.05) is 7.05 Å². The SMILES string of the molecule is CNC(c1ccc(C2CC2)cc1)c1nc(C)c(C)s1. The summed E-state index contributed by atoms with van der Waals surface area (Å²) in [6.07, 6.45) is 2.72. The molecule has 0 spiro atoms. The van der Waals surface area contributed by atoms with E-state index < -0.39 is 0 Å². The molecule has 3 rings (SSSR count). The first kappa shape index (κ1) is 12.8. The first-order chi connectivity index (χ1) is 9.19. The second kappa shape index (κ2) is 5.06. The van der Waals surface area contributed by atoms with Crippen LogP contribution in [0.5, 0.6) is 0 Å². The van der Waals surface area contributed by atoms with E-state index in [0.717, 1.165) is 16.6 Å². The molecule has 0 aliphatic heterocycles. The average Bonchev–Trinajstić information content (AvgIpc) is 3.19. The normalized spacial score (nSPS) is 16.6. The molecule has 1 aromatic carbocycles. The highest BCUT2D eigenvalue weighted by Gasteiger charge is 2.24. The van der Waals surface area contributed by atoms with Crippen LogP contribution in [-0.4, -0.2) is 12.0 Å². The summed E-state index contributed by atoms with van der Waals surface area (Å²) in [4.78, 5) is 5.99. The van der Waals surface area contributed by atoms with E-state index >= 15 is 0 Å². The van der Waals surface area contributed by atoms with Crippen molar-refractivity contribution in [2.24, 2.45) is 0 Å². The molecule has 1 aromatic heterocycles. The number of rotatable bonds is 4. The Balaban J connectivity index is 1.88. The van der Waals surface area contributed by atoms with Crippen molar-refractivity contribution in [3.8, 4) is 0 Å². The van der Waals surface area contributed by atoms with Gasteiger partial charge in [-0.05, 0) is 50.8 Å². The second-order valence-electron chi connectivity index (χ2n) is 5.36. The molecule has 19 heavy (non-hydrogen) atoms. The quantitative estimate of drug-likeness (QED) is 0.911. The van der Waals surface area contributed by atoms with Gasteiger partial charge in [0.15, 0.2) is 0 Å². The van der Waals surface area contributed by atoms with Crippen LogP contribution in [0.1, 0.15) is 51.5 Å². The van der Waals surface area contributed by atoms with Crippen LogP contribution in [0.25, 0.3) is 0 Å². The van der Waals surface area contributed by atoms with Gasteiger partial charge >= 0.3 is 0 Å². The second-order valence-corrected chi connectivity index (χ2v) is 6.59. The van der Waals surface area contributed by atoms with E-state index in [2.05, 4.69) is 48.4 Å². The van der Waals surface area contributed by atoms with E-state index in [1.165, 1.54) is 28.8 Å². The molecule has 3 heteroatoms. The summed E-state index contributed by atoms with van der Waals surface area (Å²) < 4.78 is 0. The predicted molar refractivity (Wildman–Crippen MR) is 80.9 cm³/mol. The lowest BCUT2D eigenvalue weighted by atomic mass is 10.0. The molecule has 2 aromatic rings. The average molecular weight is 272 g/mol. The van der Waals surface area contributed by atoms with E-state index in [1.54, 1.807) is 11.3 Å². The summed E-state index contributed by atoms with van der Waals surface area (Å²) in [6, 6.07) is 9.28. The number of hydrogen-bond acceptors (Lipinski definition) is 3. The van der Waals surface area contributed by atoms with Crippen LogP contribution in [-0.2, 0) is 0 Å². The Hall–Kier alpha value is -1.19. The van der Waals surface area contributed by atoms with Gasteiger partial charge in [0, 0.05) is 4.88 Å². The van der Waals surface area contributed by atoms with Crippen molar-refractivity contribution in [1.82, 2.24) is 10.3 Å². The molecule has 1 aliphatic rings. The van der Waals surface area contributed by atoms with Crippen LogP contribution in [0, 0.1) is 13.8 Å². The van der Waals surface area contributed by atoms with E-state index in [-0.39, 0.29) is 6.04 Å². The number of nitrogens with one attached hydrogen (secondary N) is 1. The summed E-state index contributed by atoms with van der Waals surface area (Å²) in [6.45, 7) is 4.22. The lowest BCUT2D eigenvalue weighted by molar-refractivity contribution is 0.684. The number of aromatic nitrogens is 1. The molecular formula is C16H20N2S. The molecule has 1 atom stereocenters. The van der Waals surface area contributed by atoms with Gasteiger partial charge in [-0.15, -0.1) is 11.3 Å². The minimum absolute atomic E-state index is 0.214. The van der Waals surface area contributed by atoms with Crippen LogP contribution in [0.2, 0.25) is 0 Å². The monoisotopic (exact) mass is 272 g/mol. The van der Waals surface area contributed by atoms with Crippen molar-refractivity contribution in [3.05, 3.63) is 51.0 Å². The molecule has 1 heterocycles. The fraction of sp³-hybridized carbons (Fsp3) is 0.438. The van der Waals surface area contributed by atoms with Crippen molar-refractivity contribution in [2.75, 3.05) is 7.05 Å². The van der Waals surface area contributed by atoms with Crippen LogP contribution in [0.4, 0.5) is 0 Å². The smallest absolute Gasteiger partial charge is 0.115 e. The summed E-state index contributed by atoms with van der Waals surface area (Å²) in [5.41, 5.74) is 3.95. The van der Waals surface area contributed by atoms with Crippen molar-refractivity contribution in [1.29, 1.82) is 0 Å². The third kappa shape index (κ3) is 2.58. The number of thiazole rings is 1. The minimum Gasteiger partial charge on any atom is -0.307 e. The topological polar surface area (TPSA) is 24.9 Å². The molecule has 1 saturated carbocycles. The largest absolute Gasteiger partial charge is 0.307 e. The van der Waals surface area contributed by atoms with Gasteiger partial charge in [0.05, 0.1) is 11.7 Å². The molecule has 0 saturated heterocycles.